The Morgan fingerprint density at radius 3 is 2.29 bits per heavy atom. The third kappa shape index (κ3) is 3.16. The highest BCUT2D eigenvalue weighted by atomic mass is 19.1. The second-order valence-electron chi connectivity index (χ2n) is 6.99. The molecule has 126 valence electrons. The van der Waals surface area contributed by atoms with Crippen molar-refractivity contribution < 1.29 is 13.7 Å². The molecule has 0 bridgehead atoms. The monoisotopic (exact) mass is 328 g/mol. The summed E-state index contributed by atoms with van der Waals surface area (Å²) in [6.07, 6.45) is 1.57. The van der Waals surface area contributed by atoms with Crippen molar-refractivity contribution in [3.8, 4) is 0 Å². The molecule has 4 nitrogen and oxygen atoms in total. The van der Waals surface area contributed by atoms with E-state index >= 15 is 0 Å². The number of nitrogens with zero attached hydrogens (tertiary/aromatic N) is 1. The first-order valence-electron chi connectivity index (χ1n) is 8.08. The molecule has 1 aliphatic rings. The Morgan fingerprint density at radius 2 is 1.67 bits per heavy atom. The quantitative estimate of drug-likeness (QED) is 0.876. The Labute approximate surface area is 142 Å². The summed E-state index contributed by atoms with van der Waals surface area (Å²) in [6.45, 7) is 8.28. The van der Waals surface area contributed by atoms with E-state index in [1.54, 1.807) is 12.3 Å². The lowest BCUT2D eigenvalue weighted by molar-refractivity contribution is 0.00578. The van der Waals surface area contributed by atoms with Gasteiger partial charge in [0, 0.05) is 18.2 Å². The van der Waals surface area contributed by atoms with Gasteiger partial charge in [0.05, 0.1) is 11.2 Å². The lowest BCUT2D eigenvalue weighted by Crippen LogP contribution is -2.41. The van der Waals surface area contributed by atoms with Gasteiger partial charge < -0.3 is 14.6 Å². The number of benzene rings is 1. The number of hydrogen-bond acceptors (Lipinski definition) is 4. The molecule has 24 heavy (non-hydrogen) atoms. The molecule has 6 heteroatoms. The van der Waals surface area contributed by atoms with Gasteiger partial charge in [0.25, 0.3) is 0 Å². The summed E-state index contributed by atoms with van der Waals surface area (Å²) in [5.41, 5.74) is 0.398. The molecule has 0 amide bonds. The summed E-state index contributed by atoms with van der Waals surface area (Å²) in [5, 5.41) is 3.04. The van der Waals surface area contributed by atoms with Crippen molar-refractivity contribution in [3.05, 3.63) is 54.0 Å². The second kappa shape index (κ2) is 6.18. The van der Waals surface area contributed by atoms with E-state index in [9.17, 15) is 4.39 Å². The number of aromatic nitrogens is 1. The van der Waals surface area contributed by atoms with Crippen LogP contribution in [-0.4, -0.2) is 23.3 Å². The maximum absolute atomic E-state index is 14.8. The predicted molar refractivity (Wildman–Crippen MR) is 93.7 cm³/mol. The first-order chi connectivity index (χ1) is 11.3. The number of halogens is 1. The van der Waals surface area contributed by atoms with Crippen LogP contribution in [0.4, 0.5) is 10.2 Å². The molecular weight excluding hydrogens is 306 g/mol. The molecule has 0 saturated carbocycles. The number of nitrogens with one attached hydrogen (secondary N) is 1. The molecule has 2 heterocycles. The predicted octanol–water partition coefficient (Wildman–Crippen LogP) is 3.13. The molecule has 1 saturated heterocycles. The van der Waals surface area contributed by atoms with Gasteiger partial charge in [-0.15, -0.1) is 0 Å². The fourth-order valence-corrected chi connectivity index (χ4v) is 2.52. The summed E-state index contributed by atoms with van der Waals surface area (Å²) in [4.78, 5) is 4.10. The first kappa shape index (κ1) is 16.9. The molecule has 1 aromatic heterocycles. The van der Waals surface area contributed by atoms with Gasteiger partial charge in [-0.25, -0.2) is 9.37 Å². The molecule has 0 radical (unpaired) electrons. The number of rotatable bonds is 4. The van der Waals surface area contributed by atoms with Crippen LogP contribution < -0.4 is 10.8 Å². The molecule has 1 aromatic carbocycles. The van der Waals surface area contributed by atoms with E-state index in [0.717, 1.165) is 5.56 Å². The molecule has 2 aromatic rings. The molecule has 3 rings (SSSR count). The molecule has 0 spiro atoms. The highest BCUT2D eigenvalue weighted by Crippen LogP contribution is 2.36. The van der Waals surface area contributed by atoms with Crippen molar-refractivity contribution in [2.24, 2.45) is 0 Å². The Bertz CT molecular complexity index is 706. The average molecular weight is 328 g/mol. The van der Waals surface area contributed by atoms with Gasteiger partial charge >= 0.3 is 7.12 Å². The van der Waals surface area contributed by atoms with Crippen molar-refractivity contribution in [2.45, 2.75) is 45.4 Å². The fraction of sp³-hybridized carbons (Fsp3) is 0.389. The third-order valence-electron chi connectivity index (χ3n) is 4.73. The van der Waals surface area contributed by atoms with Crippen LogP contribution in [0.25, 0.3) is 0 Å². The lowest BCUT2D eigenvalue weighted by Gasteiger charge is -2.32. The van der Waals surface area contributed by atoms with Gasteiger partial charge in [0.1, 0.15) is 0 Å². The van der Waals surface area contributed by atoms with Gasteiger partial charge in [-0.2, -0.15) is 0 Å². The van der Waals surface area contributed by atoms with Gasteiger partial charge in [-0.1, -0.05) is 30.3 Å². The molecule has 0 atom stereocenters. The topological polar surface area (TPSA) is 43.4 Å². The SMILES string of the molecule is CC1(C)OB(c2ccnc(NCc3ccccc3)c2F)OC1(C)C. The van der Waals surface area contributed by atoms with Crippen LogP contribution in [0.1, 0.15) is 33.3 Å². The largest absolute Gasteiger partial charge is 0.498 e. The summed E-state index contributed by atoms with van der Waals surface area (Å²) >= 11 is 0. The molecule has 0 unspecified atom stereocenters. The zero-order valence-electron chi connectivity index (χ0n) is 14.5. The Morgan fingerprint density at radius 1 is 1.04 bits per heavy atom. The standard InChI is InChI=1S/C18H22BFN2O2/c1-17(2)18(3,4)24-19(23-17)14-10-11-21-16(15(14)20)22-12-13-8-6-5-7-9-13/h5-11H,12H2,1-4H3,(H,21,22). The highest BCUT2D eigenvalue weighted by molar-refractivity contribution is 6.62. The minimum Gasteiger partial charge on any atom is -0.399 e. The number of pyridine rings is 1. The van der Waals surface area contributed by atoms with Crippen molar-refractivity contribution >= 4 is 18.4 Å². The molecule has 1 fully saturated rings. The van der Waals surface area contributed by atoms with E-state index in [2.05, 4.69) is 10.3 Å². The molecule has 1 aliphatic heterocycles. The van der Waals surface area contributed by atoms with Crippen LogP contribution in [0.5, 0.6) is 0 Å². The number of anilines is 1. The fourth-order valence-electron chi connectivity index (χ4n) is 2.52. The zero-order chi connectivity index (χ0) is 17.4. The van der Waals surface area contributed by atoms with Gasteiger partial charge in [-0.05, 0) is 39.3 Å². The van der Waals surface area contributed by atoms with Crippen LogP contribution >= 0.6 is 0 Å². The Kier molecular flexibility index (Phi) is 4.36. The van der Waals surface area contributed by atoms with Crippen LogP contribution in [0.3, 0.4) is 0 Å². The van der Waals surface area contributed by atoms with E-state index in [0.29, 0.717) is 12.0 Å². The minimum atomic E-state index is -0.740. The first-order valence-corrected chi connectivity index (χ1v) is 8.08. The van der Waals surface area contributed by atoms with Crippen molar-refractivity contribution in [1.82, 2.24) is 4.98 Å². The summed E-state index contributed by atoms with van der Waals surface area (Å²) < 4.78 is 26.7. The Hall–Kier alpha value is -1.92. The highest BCUT2D eigenvalue weighted by Gasteiger charge is 2.52. The van der Waals surface area contributed by atoms with E-state index in [-0.39, 0.29) is 5.82 Å². The normalized spacial score (nSPS) is 18.6. The van der Waals surface area contributed by atoms with Crippen LogP contribution in [0.15, 0.2) is 42.6 Å². The third-order valence-corrected chi connectivity index (χ3v) is 4.73. The van der Waals surface area contributed by atoms with Gasteiger partial charge in [-0.3, -0.25) is 0 Å². The number of hydrogen-bond donors (Lipinski definition) is 1. The van der Waals surface area contributed by atoms with Crippen molar-refractivity contribution in [1.29, 1.82) is 0 Å². The maximum Gasteiger partial charge on any atom is 0.498 e. The Balaban J connectivity index is 1.79. The summed E-state index contributed by atoms with van der Waals surface area (Å²) in [5.74, 6) is -0.238. The van der Waals surface area contributed by atoms with Crippen LogP contribution in [0.2, 0.25) is 0 Å². The summed E-state index contributed by atoms with van der Waals surface area (Å²) in [6, 6.07) is 11.4. The van der Waals surface area contributed by atoms with Crippen LogP contribution in [-0.2, 0) is 15.9 Å². The summed E-state index contributed by atoms with van der Waals surface area (Å²) in [7, 11) is -0.740. The molecular formula is C18H22BFN2O2. The van der Waals surface area contributed by atoms with E-state index in [1.807, 2.05) is 58.0 Å². The van der Waals surface area contributed by atoms with E-state index < -0.39 is 24.1 Å². The van der Waals surface area contributed by atoms with Crippen molar-refractivity contribution in [3.63, 3.8) is 0 Å². The maximum atomic E-state index is 14.8. The smallest absolute Gasteiger partial charge is 0.399 e. The molecule has 0 aliphatic carbocycles. The van der Waals surface area contributed by atoms with Gasteiger partial charge in [0.15, 0.2) is 11.6 Å². The zero-order valence-corrected chi connectivity index (χ0v) is 14.5. The van der Waals surface area contributed by atoms with E-state index in [1.165, 1.54) is 0 Å². The van der Waals surface area contributed by atoms with Crippen LogP contribution in [0, 0.1) is 5.82 Å². The second-order valence-corrected chi connectivity index (χ2v) is 6.99. The average Bonchev–Trinajstić information content (AvgIpc) is 2.75. The van der Waals surface area contributed by atoms with Gasteiger partial charge in [0.2, 0.25) is 0 Å². The van der Waals surface area contributed by atoms with Crippen molar-refractivity contribution in [2.75, 3.05) is 5.32 Å². The van der Waals surface area contributed by atoms with E-state index in [4.69, 9.17) is 9.31 Å². The molecule has 1 N–H and O–H groups in total. The minimum absolute atomic E-state index is 0.200. The lowest BCUT2D eigenvalue weighted by atomic mass is 9.79.